The number of rotatable bonds is 6. The van der Waals surface area contributed by atoms with Crippen LogP contribution in [-0.2, 0) is 0 Å². The number of ether oxygens (including phenoxy) is 1. The molecule has 1 aromatic heterocycles. The fraction of sp³-hybridized carbons (Fsp3) is 0.636. The lowest BCUT2D eigenvalue weighted by Gasteiger charge is -2.11. The molecule has 0 atom stereocenters. The molecule has 1 fully saturated rings. The summed E-state index contributed by atoms with van der Waals surface area (Å²) in [6.45, 7) is 1.46. The van der Waals surface area contributed by atoms with Gasteiger partial charge in [0, 0.05) is 18.5 Å². The molecule has 0 aromatic carbocycles. The number of likely N-dealkylation sites (N-methyl/N-ethyl adjacent to an activating group) is 1. The second kappa shape index (κ2) is 5.29. The molecular weight excluding hydrogens is 218 g/mol. The van der Waals surface area contributed by atoms with Gasteiger partial charge in [-0.25, -0.2) is 10.8 Å². The molecular formula is C11H19N5O. The van der Waals surface area contributed by atoms with Crippen molar-refractivity contribution in [3.05, 3.63) is 11.9 Å². The van der Waals surface area contributed by atoms with Crippen molar-refractivity contribution in [2.45, 2.75) is 18.8 Å². The zero-order valence-corrected chi connectivity index (χ0v) is 10.3. The number of hydrazine groups is 1. The molecule has 3 N–H and O–H groups in total. The Hall–Kier alpha value is -1.40. The van der Waals surface area contributed by atoms with Gasteiger partial charge in [-0.05, 0) is 26.9 Å². The van der Waals surface area contributed by atoms with E-state index in [0.717, 1.165) is 25.2 Å². The van der Waals surface area contributed by atoms with Crippen LogP contribution in [0.3, 0.4) is 0 Å². The average molecular weight is 237 g/mol. The van der Waals surface area contributed by atoms with E-state index in [1.807, 2.05) is 14.1 Å². The van der Waals surface area contributed by atoms with Crippen LogP contribution in [0.15, 0.2) is 6.07 Å². The highest BCUT2D eigenvalue weighted by Crippen LogP contribution is 2.38. The quantitative estimate of drug-likeness (QED) is 0.557. The Labute approximate surface area is 101 Å². The maximum atomic E-state index is 5.59. The molecule has 0 radical (unpaired) electrons. The Bertz CT molecular complexity index is 378. The number of nitrogens with zero attached hydrogens (tertiary/aromatic N) is 3. The Morgan fingerprint density at radius 3 is 2.82 bits per heavy atom. The Balaban J connectivity index is 2.01. The van der Waals surface area contributed by atoms with Crippen LogP contribution in [-0.4, -0.2) is 42.1 Å². The zero-order chi connectivity index (χ0) is 12.3. The van der Waals surface area contributed by atoms with E-state index in [1.165, 1.54) is 0 Å². The van der Waals surface area contributed by atoms with Crippen LogP contribution in [0, 0.1) is 0 Å². The van der Waals surface area contributed by atoms with Gasteiger partial charge in [0.2, 0.25) is 5.88 Å². The van der Waals surface area contributed by atoms with Crippen molar-refractivity contribution in [3.63, 3.8) is 0 Å². The summed E-state index contributed by atoms with van der Waals surface area (Å²) in [4.78, 5) is 10.8. The molecule has 6 nitrogen and oxygen atoms in total. The lowest BCUT2D eigenvalue weighted by Crippen LogP contribution is -2.20. The van der Waals surface area contributed by atoms with E-state index in [9.17, 15) is 0 Å². The van der Waals surface area contributed by atoms with Gasteiger partial charge in [-0.1, -0.05) is 0 Å². The lowest BCUT2D eigenvalue weighted by molar-refractivity contribution is 0.253. The van der Waals surface area contributed by atoms with Crippen molar-refractivity contribution >= 4 is 5.82 Å². The van der Waals surface area contributed by atoms with E-state index in [4.69, 9.17) is 10.6 Å². The summed E-state index contributed by atoms with van der Waals surface area (Å²) in [6.07, 6.45) is 2.32. The molecule has 0 bridgehead atoms. The Kier molecular flexibility index (Phi) is 3.75. The highest BCUT2D eigenvalue weighted by molar-refractivity contribution is 5.38. The van der Waals surface area contributed by atoms with Gasteiger partial charge in [0.25, 0.3) is 0 Å². The van der Waals surface area contributed by atoms with Crippen LogP contribution in [0.4, 0.5) is 5.82 Å². The number of nitrogens with one attached hydrogen (secondary N) is 1. The van der Waals surface area contributed by atoms with E-state index in [0.29, 0.717) is 24.2 Å². The zero-order valence-electron chi connectivity index (χ0n) is 10.3. The lowest BCUT2D eigenvalue weighted by atomic mass is 10.4. The minimum Gasteiger partial charge on any atom is -0.476 e. The number of anilines is 1. The third-order valence-corrected chi connectivity index (χ3v) is 2.60. The fourth-order valence-corrected chi connectivity index (χ4v) is 1.45. The first kappa shape index (κ1) is 12.1. The second-order valence-corrected chi connectivity index (χ2v) is 4.52. The monoisotopic (exact) mass is 237 g/mol. The molecule has 1 aliphatic carbocycles. The molecule has 1 aliphatic rings. The molecule has 0 amide bonds. The predicted octanol–water partition coefficient (Wildman–Crippen LogP) is 0.580. The van der Waals surface area contributed by atoms with Crippen LogP contribution in [0.1, 0.15) is 24.6 Å². The normalized spacial score (nSPS) is 15.1. The summed E-state index contributed by atoms with van der Waals surface area (Å²) in [5.41, 5.74) is 2.55. The molecule has 1 saturated carbocycles. The smallest absolute Gasteiger partial charge is 0.218 e. The second-order valence-electron chi connectivity index (χ2n) is 4.52. The Morgan fingerprint density at radius 2 is 2.24 bits per heavy atom. The SMILES string of the molecule is CN(C)CCOc1cc(NN)nc(C2CC2)n1. The summed E-state index contributed by atoms with van der Waals surface area (Å²) in [7, 11) is 4.01. The van der Waals surface area contributed by atoms with Crippen LogP contribution in [0.2, 0.25) is 0 Å². The van der Waals surface area contributed by atoms with Crippen molar-refractivity contribution < 1.29 is 4.74 Å². The summed E-state index contributed by atoms with van der Waals surface area (Å²) in [5.74, 6) is 7.91. The summed E-state index contributed by atoms with van der Waals surface area (Å²) in [5, 5.41) is 0. The number of nitrogens with two attached hydrogens (primary N) is 1. The number of hydrogen-bond donors (Lipinski definition) is 2. The van der Waals surface area contributed by atoms with Gasteiger partial charge in [-0.2, -0.15) is 4.98 Å². The number of aromatic nitrogens is 2. The van der Waals surface area contributed by atoms with E-state index >= 15 is 0 Å². The van der Waals surface area contributed by atoms with Gasteiger partial charge < -0.3 is 15.1 Å². The fourth-order valence-electron chi connectivity index (χ4n) is 1.45. The van der Waals surface area contributed by atoms with Crippen LogP contribution in [0.25, 0.3) is 0 Å². The van der Waals surface area contributed by atoms with E-state index in [-0.39, 0.29) is 0 Å². The highest BCUT2D eigenvalue weighted by Gasteiger charge is 2.27. The van der Waals surface area contributed by atoms with Crippen molar-refractivity contribution in [2.75, 3.05) is 32.7 Å². The molecule has 0 aliphatic heterocycles. The molecule has 0 saturated heterocycles. The molecule has 6 heteroatoms. The highest BCUT2D eigenvalue weighted by atomic mass is 16.5. The van der Waals surface area contributed by atoms with Crippen LogP contribution >= 0.6 is 0 Å². The third-order valence-electron chi connectivity index (χ3n) is 2.60. The first-order valence-electron chi connectivity index (χ1n) is 5.82. The van der Waals surface area contributed by atoms with Gasteiger partial charge in [0.1, 0.15) is 18.2 Å². The minimum atomic E-state index is 0.486. The van der Waals surface area contributed by atoms with Crippen molar-refractivity contribution in [2.24, 2.45) is 5.84 Å². The van der Waals surface area contributed by atoms with Crippen LogP contribution < -0.4 is 16.0 Å². The minimum absolute atomic E-state index is 0.486. The van der Waals surface area contributed by atoms with Crippen molar-refractivity contribution in [1.29, 1.82) is 0 Å². The molecule has 17 heavy (non-hydrogen) atoms. The van der Waals surface area contributed by atoms with Crippen LogP contribution in [0.5, 0.6) is 5.88 Å². The summed E-state index contributed by atoms with van der Waals surface area (Å²) in [6, 6.07) is 1.72. The molecule has 2 rings (SSSR count). The summed E-state index contributed by atoms with van der Waals surface area (Å²) < 4.78 is 5.59. The maximum Gasteiger partial charge on any atom is 0.218 e. The molecule has 1 aromatic rings. The van der Waals surface area contributed by atoms with Gasteiger partial charge in [0.05, 0.1) is 0 Å². The van der Waals surface area contributed by atoms with E-state index < -0.39 is 0 Å². The van der Waals surface area contributed by atoms with E-state index in [1.54, 1.807) is 6.07 Å². The van der Waals surface area contributed by atoms with Crippen molar-refractivity contribution in [3.8, 4) is 5.88 Å². The first-order valence-corrected chi connectivity index (χ1v) is 5.82. The molecule has 94 valence electrons. The van der Waals surface area contributed by atoms with Gasteiger partial charge >= 0.3 is 0 Å². The predicted molar refractivity (Wildman–Crippen MR) is 65.9 cm³/mol. The topological polar surface area (TPSA) is 76.3 Å². The van der Waals surface area contributed by atoms with Crippen molar-refractivity contribution in [1.82, 2.24) is 14.9 Å². The molecule has 0 unspecified atom stereocenters. The standard InChI is InChI=1S/C11H19N5O/c1-16(2)5-6-17-10-7-9(15-12)13-11(14-10)8-3-4-8/h7-8H,3-6,12H2,1-2H3,(H,13,14,15). The van der Waals surface area contributed by atoms with E-state index in [2.05, 4.69) is 20.3 Å². The largest absolute Gasteiger partial charge is 0.476 e. The Morgan fingerprint density at radius 1 is 1.47 bits per heavy atom. The molecule has 1 heterocycles. The number of hydrogen-bond acceptors (Lipinski definition) is 6. The van der Waals surface area contributed by atoms with Gasteiger partial charge in [-0.15, -0.1) is 0 Å². The average Bonchev–Trinajstić information content (AvgIpc) is 3.12. The maximum absolute atomic E-state index is 5.59. The number of nitrogen functional groups attached to an aromatic ring is 1. The molecule has 0 spiro atoms. The van der Waals surface area contributed by atoms with Gasteiger partial charge in [-0.3, -0.25) is 0 Å². The first-order chi connectivity index (χ1) is 8.19. The summed E-state index contributed by atoms with van der Waals surface area (Å²) >= 11 is 0. The third kappa shape index (κ3) is 3.54. The van der Waals surface area contributed by atoms with Gasteiger partial charge in [0.15, 0.2) is 0 Å².